The van der Waals surface area contributed by atoms with Crippen molar-refractivity contribution in [3.05, 3.63) is 35.7 Å². The molecular weight excluding hydrogens is 402 g/mol. The molecule has 1 atom stereocenters. The number of benzene rings is 1. The number of aromatic nitrogens is 4. The van der Waals surface area contributed by atoms with Gasteiger partial charge in [0.15, 0.2) is 11.5 Å². The van der Waals surface area contributed by atoms with Crippen molar-refractivity contribution in [1.82, 2.24) is 24.8 Å². The van der Waals surface area contributed by atoms with E-state index >= 15 is 0 Å². The van der Waals surface area contributed by atoms with E-state index in [4.69, 9.17) is 5.73 Å². The second-order valence-electron chi connectivity index (χ2n) is 9.58. The van der Waals surface area contributed by atoms with Crippen LogP contribution in [0.25, 0.3) is 11.2 Å². The lowest BCUT2D eigenvalue weighted by Crippen LogP contribution is -2.34. The number of likely N-dealkylation sites (tertiary alicyclic amines) is 1. The van der Waals surface area contributed by atoms with E-state index < -0.39 is 5.60 Å². The Kier molecular flexibility index (Phi) is 4.23. The van der Waals surface area contributed by atoms with Crippen LogP contribution in [0.5, 0.6) is 0 Å². The van der Waals surface area contributed by atoms with Gasteiger partial charge in [0.25, 0.3) is 0 Å². The minimum Gasteiger partial charge on any atom is -0.378 e. The molecule has 2 aliphatic heterocycles. The summed E-state index contributed by atoms with van der Waals surface area (Å²) < 4.78 is 0. The monoisotopic (exact) mass is 429 g/mol. The third-order valence-electron chi connectivity index (χ3n) is 7.28. The van der Waals surface area contributed by atoms with Crippen molar-refractivity contribution in [2.45, 2.75) is 43.1 Å². The second-order valence-corrected chi connectivity index (χ2v) is 9.58. The molecule has 32 heavy (non-hydrogen) atoms. The number of hydrogen-bond donors (Lipinski definition) is 3. The van der Waals surface area contributed by atoms with Crippen LogP contribution in [0, 0.1) is 11.8 Å². The molecule has 1 saturated carbocycles. The van der Waals surface area contributed by atoms with Crippen LogP contribution in [0.3, 0.4) is 0 Å². The van der Waals surface area contributed by atoms with E-state index in [2.05, 4.69) is 66.8 Å². The van der Waals surface area contributed by atoms with Crippen LogP contribution in [0.2, 0.25) is 0 Å². The number of nitrogen functional groups attached to an aromatic ring is 1. The lowest BCUT2D eigenvalue weighted by atomic mass is 9.81. The SMILES string of the molecule is CN1CCC2(C1)CN(c1nc(N)nc3nc[nH]c13)c1cc(C#CC3(O)CCCC3)ccc12. The van der Waals surface area contributed by atoms with Crippen molar-refractivity contribution >= 4 is 28.6 Å². The molecule has 0 bridgehead atoms. The molecule has 6 rings (SSSR count). The molecule has 0 radical (unpaired) electrons. The van der Waals surface area contributed by atoms with Crippen molar-refractivity contribution in [1.29, 1.82) is 0 Å². The Labute approximate surface area is 186 Å². The second kappa shape index (κ2) is 6.92. The van der Waals surface area contributed by atoms with E-state index in [0.717, 1.165) is 74.3 Å². The molecule has 2 fully saturated rings. The molecule has 2 aromatic heterocycles. The number of nitrogens with two attached hydrogens (primary N) is 1. The van der Waals surface area contributed by atoms with Crippen LogP contribution in [0.15, 0.2) is 24.5 Å². The number of anilines is 3. The van der Waals surface area contributed by atoms with Gasteiger partial charge < -0.3 is 25.6 Å². The van der Waals surface area contributed by atoms with Crippen molar-refractivity contribution in [3.8, 4) is 11.8 Å². The highest BCUT2D eigenvalue weighted by atomic mass is 16.3. The Morgan fingerprint density at radius 3 is 2.78 bits per heavy atom. The Morgan fingerprint density at radius 1 is 1.16 bits per heavy atom. The fourth-order valence-electron chi connectivity index (χ4n) is 5.67. The molecule has 1 aromatic carbocycles. The maximum absolute atomic E-state index is 10.7. The van der Waals surface area contributed by atoms with Gasteiger partial charge in [-0.2, -0.15) is 9.97 Å². The van der Waals surface area contributed by atoms with Gasteiger partial charge in [0, 0.05) is 29.8 Å². The standard InChI is InChI=1S/C24H27N7O/c1-30-11-10-23(13-30)14-31(21-19-20(27-15-26-19)28-22(25)29-21)18-12-16(4-5-17(18)23)6-9-24(32)7-2-3-8-24/h4-5,12,15,32H,2-3,7-8,10-11,13-14H2,1H3,(H3,25,26,27,28,29). The van der Waals surface area contributed by atoms with E-state index in [9.17, 15) is 5.11 Å². The van der Waals surface area contributed by atoms with Gasteiger partial charge in [-0.1, -0.05) is 17.9 Å². The van der Waals surface area contributed by atoms with Gasteiger partial charge in [-0.05, 0) is 63.4 Å². The quantitative estimate of drug-likeness (QED) is 0.510. The van der Waals surface area contributed by atoms with Gasteiger partial charge >= 0.3 is 0 Å². The summed E-state index contributed by atoms with van der Waals surface area (Å²) in [5.74, 6) is 7.35. The molecule has 3 aromatic rings. The summed E-state index contributed by atoms with van der Waals surface area (Å²) in [6, 6.07) is 6.44. The fraction of sp³-hybridized carbons (Fsp3) is 0.458. The van der Waals surface area contributed by atoms with Gasteiger partial charge in [-0.3, -0.25) is 0 Å². The van der Waals surface area contributed by atoms with E-state index in [1.807, 2.05) is 0 Å². The Balaban J connectivity index is 1.48. The maximum atomic E-state index is 10.7. The van der Waals surface area contributed by atoms with Gasteiger partial charge in [-0.15, -0.1) is 0 Å². The Bertz CT molecular complexity index is 1270. The number of likely N-dealkylation sites (N-methyl/N-ethyl adjacent to an activating group) is 1. The van der Waals surface area contributed by atoms with Crippen molar-refractivity contribution in [3.63, 3.8) is 0 Å². The summed E-state index contributed by atoms with van der Waals surface area (Å²) in [5, 5.41) is 10.7. The summed E-state index contributed by atoms with van der Waals surface area (Å²) in [5.41, 5.74) is 9.89. The number of hydrogen-bond acceptors (Lipinski definition) is 7. The van der Waals surface area contributed by atoms with Gasteiger partial charge in [0.1, 0.15) is 11.1 Å². The first kappa shape index (κ1) is 19.5. The third-order valence-corrected chi connectivity index (χ3v) is 7.28. The van der Waals surface area contributed by atoms with Crippen LogP contribution >= 0.6 is 0 Å². The molecule has 4 N–H and O–H groups in total. The number of H-pyrrole nitrogens is 1. The number of rotatable bonds is 1. The number of aromatic amines is 1. The first-order valence-corrected chi connectivity index (χ1v) is 11.3. The smallest absolute Gasteiger partial charge is 0.224 e. The zero-order valence-corrected chi connectivity index (χ0v) is 18.2. The van der Waals surface area contributed by atoms with Crippen LogP contribution in [0.4, 0.5) is 17.5 Å². The molecule has 1 saturated heterocycles. The summed E-state index contributed by atoms with van der Waals surface area (Å²) in [6.07, 6.45) is 6.30. The average molecular weight is 430 g/mol. The van der Waals surface area contributed by atoms with E-state index in [-0.39, 0.29) is 11.4 Å². The third kappa shape index (κ3) is 3.04. The topological polar surface area (TPSA) is 107 Å². The molecule has 8 nitrogen and oxygen atoms in total. The van der Waals surface area contributed by atoms with Gasteiger partial charge in [-0.25, -0.2) is 4.98 Å². The highest BCUT2D eigenvalue weighted by molar-refractivity contribution is 5.89. The molecular formula is C24H27N7O. The lowest BCUT2D eigenvalue weighted by molar-refractivity contribution is 0.110. The average Bonchev–Trinajstić information content (AvgIpc) is 3.55. The first-order valence-electron chi connectivity index (χ1n) is 11.3. The lowest BCUT2D eigenvalue weighted by Gasteiger charge is -2.25. The van der Waals surface area contributed by atoms with Crippen LogP contribution < -0.4 is 10.6 Å². The normalized spacial score (nSPS) is 24.2. The number of aliphatic hydroxyl groups is 1. The summed E-state index contributed by atoms with van der Waals surface area (Å²) in [6.45, 7) is 2.87. The van der Waals surface area contributed by atoms with E-state index in [0.29, 0.717) is 5.65 Å². The van der Waals surface area contributed by atoms with Crippen LogP contribution in [0.1, 0.15) is 43.2 Å². The first-order chi connectivity index (χ1) is 15.4. The summed E-state index contributed by atoms with van der Waals surface area (Å²) >= 11 is 0. The molecule has 1 aliphatic carbocycles. The molecule has 1 spiro atoms. The number of fused-ring (bicyclic) bond motifs is 3. The molecule has 0 amide bonds. The molecule has 4 heterocycles. The van der Waals surface area contributed by atoms with Gasteiger partial charge in [0.2, 0.25) is 5.95 Å². The van der Waals surface area contributed by atoms with Crippen molar-refractivity contribution in [2.75, 3.05) is 37.3 Å². The molecule has 3 aliphatic rings. The fourth-order valence-corrected chi connectivity index (χ4v) is 5.67. The van der Waals surface area contributed by atoms with E-state index in [1.165, 1.54) is 5.56 Å². The van der Waals surface area contributed by atoms with Crippen molar-refractivity contribution in [2.24, 2.45) is 0 Å². The predicted molar refractivity (Wildman–Crippen MR) is 124 cm³/mol. The Hall–Kier alpha value is -3.15. The molecule has 8 heteroatoms. The Morgan fingerprint density at radius 2 is 2.00 bits per heavy atom. The van der Waals surface area contributed by atoms with E-state index in [1.54, 1.807) is 6.33 Å². The number of nitrogens with one attached hydrogen (secondary N) is 1. The molecule has 1 unspecified atom stereocenters. The zero-order chi connectivity index (χ0) is 21.9. The highest BCUT2D eigenvalue weighted by Crippen LogP contribution is 2.49. The summed E-state index contributed by atoms with van der Waals surface area (Å²) in [7, 11) is 2.18. The van der Waals surface area contributed by atoms with Crippen LogP contribution in [-0.4, -0.2) is 62.2 Å². The minimum atomic E-state index is -0.850. The predicted octanol–water partition coefficient (Wildman–Crippen LogP) is 2.32. The zero-order valence-electron chi connectivity index (χ0n) is 18.2. The highest BCUT2D eigenvalue weighted by Gasteiger charge is 2.47. The minimum absolute atomic E-state index is 0.0335. The number of imidazole rings is 1. The van der Waals surface area contributed by atoms with Gasteiger partial charge in [0.05, 0.1) is 6.33 Å². The largest absolute Gasteiger partial charge is 0.378 e. The maximum Gasteiger partial charge on any atom is 0.224 e. The molecule has 164 valence electrons. The van der Waals surface area contributed by atoms with Crippen LogP contribution in [-0.2, 0) is 5.41 Å². The van der Waals surface area contributed by atoms with Crippen molar-refractivity contribution < 1.29 is 5.11 Å². The number of nitrogens with zero attached hydrogens (tertiary/aromatic N) is 5. The summed E-state index contributed by atoms with van der Waals surface area (Å²) in [4.78, 5) is 21.0.